The van der Waals surface area contributed by atoms with Gasteiger partial charge in [-0.2, -0.15) is 0 Å². The van der Waals surface area contributed by atoms with Crippen LogP contribution in [0.4, 0.5) is 0 Å². The molecule has 0 aliphatic heterocycles. The van der Waals surface area contributed by atoms with Gasteiger partial charge in [-0.1, -0.05) is 140 Å². The van der Waals surface area contributed by atoms with Gasteiger partial charge in [0.1, 0.15) is 5.82 Å². The average molecular weight is 664 g/mol. The van der Waals surface area contributed by atoms with Gasteiger partial charge < -0.3 is 0 Å². The first kappa shape index (κ1) is 28.7. The summed E-state index contributed by atoms with van der Waals surface area (Å²) < 4.78 is 4.55. The average Bonchev–Trinajstić information content (AvgIpc) is 3.78. The molecule has 3 aromatic heterocycles. The first-order chi connectivity index (χ1) is 25.8. The molecule has 0 bridgehead atoms. The molecule has 0 saturated heterocycles. The third-order valence-corrected chi connectivity index (χ3v) is 10.3. The highest BCUT2D eigenvalue weighted by Crippen LogP contribution is 2.42. The molecule has 0 N–H and O–H groups in total. The lowest BCUT2D eigenvalue weighted by molar-refractivity contribution is 1.01. The van der Waals surface area contributed by atoms with Crippen LogP contribution in [0.1, 0.15) is 0 Å². The van der Waals surface area contributed by atoms with Crippen molar-refractivity contribution >= 4 is 65.3 Å². The summed E-state index contributed by atoms with van der Waals surface area (Å²) in [6, 6.07) is 61.8. The zero-order valence-electron chi connectivity index (χ0n) is 28.0. The van der Waals surface area contributed by atoms with Crippen molar-refractivity contribution in [1.29, 1.82) is 0 Å². The van der Waals surface area contributed by atoms with Crippen molar-refractivity contribution < 1.29 is 0 Å². The fraction of sp³-hybridized carbons (Fsp3) is 0. The highest BCUT2D eigenvalue weighted by Gasteiger charge is 2.22. The lowest BCUT2D eigenvalue weighted by Gasteiger charge is -2.13. The lowest BCUT2D eigenvalue weighted by atomic mass is 9.96. The highest BCUT2D eigenvalue weighted by molar-refractivity contribution is 6.30. The van der Waals surface area contributed by atoms with Crippen LogP contribution in [0, 0.1) is 0 Å². The molecule has 0 aliphatic carbocycles. The molecule has 11 aromatic rings. The number of hydrogen-bond donors (Lipinski definition) is 0. The largest absolute Gasteiger partial charge is 0.292 e. The van der Waals surface area contributed by atoms with Gasteiger partial charge in [-0.15, -0.1) is 0 Å². The Kier molecular flexibility index (Phi) is 6.18. The van der Waals surface area contributed by atoms with E-state index in [0.717, 1.165) is 72.1 Å². The number of benzene rings is 8. The lowest BCUT2D eigenvalue weighted by Crippen LogP contribution is -2.03. The van der Waals surface area contributed by atoms with Gasteiger partial charge in [-0.25, -0.2) is 15.0 Å². The molecule has 242 valence electrons. The molecule has 0 amide bonds. The van der Waals surface area contributed by atoms with Crippen LogP contribution in [0.5, 0.6) is 0 Å². The summed E-state index contributed by atoms with van der Waals surface area (Å²) in [5.41, 5.74) is 9.24. The third-order valence-electron chi connectivity index (χ3n) is 10.3. The zero-order valence-corrected chi connectivity index (χ0v) is 28.0. The van der Waals surface area contributed by atoms with Gasteiger partial charge in [-0.3, -0.25) is 9.13 Å². The van der Waals surface area contributed by atoms with E-state index in [-0.39, 0.29) is 0 Å². The zero-order chi connectivity index (χ0) is 34.2. The van der Waals surface area contributed by atoms with Crippen molar-refractivity contribution in [2.75, 3.05) is 0 Å². The molecule has 52 heavy (non-hydrogen) atoms. The van der Waals surface area contributed by atoms with E-state index in [1.165, 1.54) is 21.5 Å². The summed E-state index contributed by atoms with van der Waals surface area (Å²) in [5, 5.41) is 8.10. The molecule has 0 radical (unpaired) electrons. The van der Waals surface area contributed by atoms with E-state index in [2.05, 4.69) is 167 Å². The van der Waals surface area contributed by atoms with Crippen molar-refractivity contribution in [2.45, 2.75) is 0 Å². The van der Waals surface area contributed by atoms with Crippen LogP contribution in [0.3, 0.4) is 0 Å². The number of aromatic nitrogens is 5. The minimum Gasteiger partial charge on any atom is -0.292 e. The number of nitrogens with zero attached hydrogens (tertiary/aromatic N) is 5. The topological polar surface area (TPSA) is 48.5 Å². The SMILES string of the molecule is c1ccc(-c2nc(-n3c4ccccc4c4c5c(ccc6c5ccc5nc(-c7ccccc7)n(-c7ccccc7)c56)ccc43)nc3ccccc23)cc1. The molecular weight excluding hydrogens is 635 g/mol. The summed E-state index contributed by atoms with van der Waals surface area (Å²) in [6.45, 7) is 0. The molecule has 0 unspecified atom stereocenters. The minimum atomic E-state index is 0.653. The van der Waals surface area contributed by atoms with Crippen molar-refractivity contribution in [3.63, 3.8) is 0 Å². The molecule has 11 rings (SSSR count). The Labute approximate surface area is 298 Å². The summed E-state index contributed by atoms with van der Waals surface area (Å²) >= 11 is 0. The first-order valence-corrected chi connectivity index (χ1v) is 17.6. The molecule has 5 heteroatoms. The van der Waals surface area contributed by atoms with E-state index in [4.69, 9.17) is 15.0 Å². The number of hydrogen-bond acceptors (Lipinski definition) is 3. The maximum absolute atomic E-state index is 5.31. The molecule has 0 fully saturated rings. The number of imidazole rings is 1. The Morgan fingerprint density at radius 2 is 1.02 bits per heavy atom. The molecular formula is C47H29N5. The van der Waals surface area contributed by atoms with Crippen LogP contribution in [0.25, 0.3) is 99.6 Å². The normalized spacial score (nSPS) is 11.8. The smallest absolute Gasteiger partial charge is 0.235 e. The molecule has 0 aliphatic rings. The summed E-state index contributed by atoms with van der Waals surface area (Å²) in [4.78, 5) is 15.8. The van der Waals surface area contributed by atoms with Crippen LogP contribution < -0.4 is 0 Å². The van der Waals surface area contributed by atoms with Gasteiger partial charge in [0.25, 0.3) is 0 Å². The van der Waals surface area contributed by atoms with Crippen molar-refractivity contribution in [1.82, 2.24) is 24.1 Å². The Hall–Kier alpha value is -7.11. The molecule has 0 saturated carbocycles. The Balaban J connectivity index is 1.26. The summed E-state index contributed by atoms with van der Waals surface area (Å²) in [6.07, 6.45) is 0. The van der Waals surface area contributed by atoms with Crippen LogP contribution in [-0.4, -0.2) is 24.1 Å². The fourth-order valence-electron chi connectivity index (χ4n) is 8.06. The van der Waals surface area contributed by atoms with Crippen molar-refractivity contribution in [3.05, 3.63) is 176 Å². The van der Waals surface area contributed by atoms with E-state index in [0.29, 0.717) is 5.95 Å². The van der Waals surface area contributed by atoms with E-state index in [1.54, 1.807) is 0 Å². The van der Waals surface area contributed by atoms with E-state index in [9.17, 15) is 0 Å². The molecule has 8 aromatic carbocycles. The molecule has 0 spiro atoms. The monoisotopic (exact) mass is 663 g/mol. The summed E-state index contributed by atoms with van der Waals surface area (Å²) in [5.74, 6) is 1.58. The maximum Gasteiger partial charge on any atom is 0.235 e. The van der Waals surface area contributed by atoms with E-state index >= 15 is 0 Å². The van der Waals surface area contributed by atoms with Gasteiger partial charge in [0.2, 0.25) is 5.95 Å². The Morgan fingerprint density at radius 1 is 0.365 bits per heavy atom. The molecule has 0 atom stereocenters. The van der Waals surface area contributed by atoms with Crippen LogP contribution in [0.15, 0.2) is 176 Å². The van der Waals surface area contributed by atoms with Gasteiger partial charge >= 0.3 is 0 Å². The van der Waals surface area contributed by atoms with Gasteiger partial charge in [0.15, 0.2) is 0 Å². The maximum atomic E-state index is 5.31. The number of fused-ring (bicyclic) bond motifs is 10. The van der Waals surface area contributed by atoms with Crippen molar-refractivity contribution in [2.24, 2.45) is 0 Å². The van der Waals surface area contributed by atoms with Crippen LogP contribution >= 0.6 is 0 Å². The first-order valence-electron chi connectivity index (χ1n) is 17.6. The minimum absolute atomic E-state index is 0.653. The second kappa shape index (κ2) is 11.2. The number of para-hydroxylation sites is 3. The van der Waals surface area contributed by atoms with Crippen LogP contribution in [0.2, 0.25) is 0 Å². The standard InChI is InChI=1S/C47H29N5/c1-4-14-31(15-5-1)44-36-20-10-12-22-38(36)49-47(50-44)52-40-23-13-11-21-37(40)43-41(52)29-25-30-24-26-35-34(42(30)43)27-28-39-45(35)51(33-18-8-3-9-19-33)46(48-39)32-16-6-2-7-17-32/h1-29H. The quantitative estimate of drug-likeness (QED) is 0.176. The van der Waals surface area contributed by atoms with E-state index in [1.807, 2.05) is 18.2 Å². The van der Waals surface area contributed by atoms with Gasteiger partial charge in [0.05, 0.1) is 33.3 Å². The highest BCUT2D eigenvalue weighted by atomic mass is 15.2. The third kappa shape index (κ3) is 4.20. The fourth-order valence-corrected chi connectivity index (χ4v) is 8.06. The summed E-state index contributed by atoms with van der Waals surface area (Å²) in [7, 11) is 0. The van der Waals surface area contributed by atoms with Gasteiger partial charge in [-0.05, 0) is 52.6 Å². The second-order valence-electron chi connectivity index (χ2n) is 13.2. The Bertz CT molecular complexity index is 3160. The predicted molar refractivity (Wildman–Crippen MR) is 214 cm³/mol. The number of rotatable bonds is 4. The Morgan fingerprint density at radius 3 is 1.83 bits per heavy atom. The van der Waals surface area contributed by atoms with Gasteiger partial charge in [0, 0.05) is 38.4 Å². The predicted octanol–water partition coefficient (Wildman–Crippen LogP) is 11.7. The molecule has 5 nitrogen and oxygen atoms in total. The molecule has 3 heterocycles. The second-order valence-corrected chi connectivity index (χ2v) is 13.2. The van der Waals surface area contributed by atoms with Crippen LogP contribution in [-0.2, 0) is 0 Å². The van der Waals surface area contributed by atoms with Crippen molar-refractivity contribution in [3.8, 4) is 34.3 Å². The van der Waals surface area contributed by atoms with E-state index < -0.39 is 0 Å².